The van der Waals surface area contributed by atoms with Gasteiger partial charge in [0.25, 0.3) is 5.95 Å². The summed E-state index contributed by atoms with van der Waals surface area (Å²) < 4.78 is 0. The van der Waals surface area contributed by atoms with E-state index in [4.69, 9.17) is 23.2 Å². The number of urea groups is 2. The molecule has 4 amide bonds. The van der Waals surface area contributed by atoms with E-state index in [1.165, 1.54) is 0 Å². The maximum Gasteiger partial charge on any atom is 0.336 e. The highest BCUT2D eigenvalue weighted by molar-refractivity contribution is 5.95. The molecular weight excluding hydrogens is 338 g/mol. The Labute approximate surface area is 147 Å². The summed E-state index contributed by atoms with van der Waals surface area (Å²) in [4.78, 5) is 26.7. The first-order valence-electron chi connectivity index (χ1n) is 7.31. The Hall–Kier alpha value is -3.83. The highest BCUT2D eigenvalue weighted by atomic mass is 16.2. The van der Waals surface area contributed by atoms with Crippen molar-refractivity contribution in [3.63, 3.8) is 0 Å². The standard InChI is InChI=1S/C15H15N9O2/c16-13(25)23(18)12-11(21-22-15(20-12)24(19)14(17)26)10-6-5-8-3-1-2-4-9(8)7-10/h1-7H,18-19H2,(H2,16,25)(H2,17,26). The Morgan fingerprint density at radius 3 is 2.15 bits per heavy atom. The van der Waals surface area contributed by atoms with Crippen molar-refractivity contribution < 1.29 is 9.59 Å². The normalized spacial score (nSPS) is 10.5. The van der Waals surface area contributed by atoms with E-state index in [1.807, 2.05) is 36.4 Å². The van der Waals surface area contributed by atoms with Gasteiger partial charge >= 0.3 is 12.1 Å². The number of benzene rings is 2. The van der Waals surface area contributed by atoms with Gasteiger partial charge in [0, 0.05) is 5.56 Å². The number of amides is 4. The predicted molar refractivity (Wildman–Crippen MR) is 95.3 cm³/mol. The molecule has 132 valence electrons. The minimum absolute atomic E-state index is 0.130. The molecule has 11 nitrogen and oxygen atoms in total. The molecule has 0 fully saturated rings. The fourth-order valence-corrected chi connectivity index (χ4v) is 2.31. The van der Waals surface area contributed by atoms with Gasteiger partial charge in [0.1, 0.15) is 5.69 Å². The van der Waals surface area contributed by atoms with Crippen molar-refractivity contribution in [3.8, 4) is 11.3 Å². The van der Waals surface area contributed by atoms with Crippen molar-refractivity contribution in [3.05, 3.63) is 42.5 Å². The average molecular weight is 353 g/mol. The number of rotatable bonds is 3. The van der Waals surface area contributed by atoms with E-state index < -0.39 is 12.1 Å². The van der Waals surface area contributed by atoms with Gasteiger partial charge in [-0.05, 0) is 16.8 Å². The first-order chi connectivity index (χ1) is 12.4. The highest BCUT2D eigenvalue weighted by Crippen LogP contribution is 2.29. The second-order valence-electron chi connectivity index (χ2n) is 5.26. The van der Waals surface area contributed by atoms with Crippen molar-refractivity contribution in [1.29, 1.82) is 0 Å². The number of carbonyl (C=O) groups excluding carboxylic acids is 2. The van der Waals surface area contributed by atoms with Crippen LogP contribution >= 0.6 is 0 Å². The van der Waals surface area contributed by atoms with E-state index >= 15 is 0 Å². The number of fused-ring (bicyclic) bond motifs is 1. The Balaban J connectivity index is 2.18. The van der Waals surface area contributed by atoms with Crippen molar-refractivity contribution in [2.75, 3.05) is 10.0 Å². The van der Waals surface area contributed by atoms with Crippen LogP contribution in [0.5, 0.6) is 0 Å². The van der Waals surface area contributed by atoms with Crippen molar-refractivity contribution in [1.82, 2.24) is 15.2 Å². The lowest BCUT2D eigenvalue weighted by Crippen LogP contribution is -2.45. The van der Waals surface area contributed by atoms with Gasteiger partial charge in [-0.15, -0.1) is 10.2 Å². The van der Waals surface area contributed by atoms with E-state index in [0.717, 1.165) is 10.8 Å². The van der Waals surface area contributed by atoms with Gasteiger partial charge in [0.2, 0.25) is 0 Å². The molecule has 0 saturated heterocycles. The zero-order valence-corrected chi connectivity index (χ0v) is 13.4. The van der Waals surface area contributed by atoms with Crippen LogP contribution < -0.4 is 33.2 Å². The number of nitrogens with two attached hydrogens (primary N) is 4. The lowest BCUT2D eigenvalue weighted by atomic mass is 10.0. The molecule has 0 aliphatic rings. The summed E-state index contributed by atoms with van der Waals surface area (Å²) >= 11 is 0. The Morgan fingerprint density at radius 2 is 1.50 bits per heavy atom. The lowest BCUT2D eigenvalue weighted by Gasteiger charge is -2.18. The smallest absolute Gasteiger partial charge is 0.336 e. The van der Waals surface area contributed by atoms with E-state index in [0.29, 0.717) is 15.6 Å². The van der Waals surface area contributed by atoms with Gasteiger partial charge in [-0.1, -0.05) is 36.4 Å². The van der Waals surface area contributed by atoms with E-state index in [2.05, 4.69) is 15.2 Å². The third-order valence-electron chi connectivity index (χ3n) is 3.60. The van der Waals surface area contributed by atoms with Crippen LogP contribution in [0.2, 0.25) is 0 Å². The minimum Gasteiger partial charge on any atom is -0.350 e. The van der Waals surface area contributed by atoms with Crippen LogP contribution in [0.15, 0.2) is 42.5 Å². The summed E-state index contributed by atoms with van der Waals surface area (Å²) in [7, 11) is 0. The van der Waals surface area contributed by atoms with E-state index in [-0.39, 0.29) is 17.5 Å². The Kier molecular flexibility index (Phi) is 4.31. The zero-order valence-electron chi connectivity index (χ0n) is 13.4. The second kappa shape index (κ2) is 6.58. The molecule has 8 N–H and O–H groups in total. The van der Waals surface area contributed by atoms with Crippen LogP contribution in [0.4, 0.5) is 21.4 Å². The molecule has 26 heavy (non-hydrogen) atoms. The van der Waals surface area contributed by atoms with Gasteiger partial charge in [-0.2, -0.15) is 9.99 Å². The number of primary amides is 2. The third-order valence-corrected chi connectivity index (χ3v) is 3.60. The van der Waals surface area contributed by atoms with Crippen molar-refractivity contribution in [2.45, 2.75) is 0 Å². The molecule has 3 aromatic rings. The van der Waals surface area contributed by atoms with Crippen LogP contribution in [-0.4, -0.2) is 27.2 Å². The molecule has 0 bridgehead atoms. The number of nitrogens with zero attached hydrogens (tertiary/aromatic N) is 5. The maximum atomic E-state index is 11.5. The second-order valence-corrected chi connectivity index (χ2v) is 5.26. The van der Waals surface area contributed by atoms with Gasteiger partial charge in [0.15, 0.2) is 5.82 Å². The predicted octanol–water partition coefficient (Wildman–Crippen LogP) is 0.209. The summed E-state index contributed by atoms with van der Waals surface area (Å²) in [6, 6.07) is 11.1. The third kappa shape index (κ3) is 3.07. The number of hydrogen-bond acceptors (Lipinski definition) is 7. The van der Waals surface area contributed by atoms with E-state index in [9.17, 15) is 9.59 Å². The number of hydrazine groups is 2. The number of anilines is 2. The molecule has 11 heteroatoms. The summed E-state index contributed by atoms with van der Waals surface area (Å²) in [5.74, 6) is 10.7. The fraction of sp³-hybridized carbons (Fsp3) is 0. The summed E-state index contributed by atoms with van der Waals surface area (Å²) in [5.41, 5.74) is 11.1. The largest absolute Gasteiger partial charge is 0.350 e. The van der Waals surface area contributed by atoms with Crippen LogP contribution in [0, 0.1) is 0 Å². The molecule has 1 heterocycles. The lowest BCUT2D eigenvalue weighted by molar-refractivity contribution is 0.253. The maximum absolute atomic E-state index is 11.5. The quantitative estimate of drug-likeness (QED) is 0.294. The van der Waals surface area contributed by atoms with Crippen LogP contribution in [0.3, 0.4) is 0 Å². The summed E-state index contributed by atoms with van der Waals surface area (Å²) in [6.07, 6.45) is 0. The van der Waals surface area contributed by atoms with Crippen molar-refractivity contribution >= 4 is 34.6 Å². The zero-order chi connectivity index (χ0) is 18.8. The first-order valence-corrected chi connectivity index (χ1v) is 7.31. The Morgan fingerprint density at radius 1 is 0.846 bits per heavy atom. The number of carbonyl (C=O) groups is 2. The Bertz CT molecular complexity index is 1010. The molecule has 0 spiro atoms. The molecule has 0 unspecified atom stereocenters. The first kappa shape index (κ1) is 17.0. The van der Waals surface area contributed by atoms with Gasteiger partial charge in [-0.25, -0.2) is 26.3 Å². The van der Waals surface area contributed by atoms with Crippen LogP contribution in [-0.2, 0) is 0 Å². The molecule has 0 aliphatic carbocycles. The number of hydrogen-bond donors (Lipinski definition) is 4. The molecule has 0 atom stereocenters. The highest BCUT2D eigenvalue weighted by Gasteiger charge is 2.22. The fourth-order valence-electron chi connectivity index (χ4n) is 2.31. The molecule has 0 aliphatic heterocycles. The number of aromatic nitrogens is 3. The van der Waals surface area contributed by atoms with Gasteiger partial charge in [-0.3, -0.25) is 0 Å². The van der Waals surface area contributed by atoms with Crippen LogP contribution in [0.1, 0.15) is 0 Å². The topological polar surface area (TPSA) is 183 Å². The molecule has 1 aromatic heterocycles. The molecule has 2 aromatic carbocycles. The van der Waals surface area contributed by atoms with Crippen LogP contribution in [0.25, 0.3) is 22.0 Å². The van der Waals surface area contributed by atoms with Gasteiger partial charge < -0.3 is 11.5 Å². The monoisotopic (exact) mass is 353 g/mol. The minimum atomic E-state index is -1.01. The molecule has 3 rings (SSSR count). The molecule has 0 radical (unpaired) electrons. The van der Waals surface area contributed by atoms with Crippen molar-refractivity contribution in [2.24, 2.45) is 23.2 Å². The molecular formula is C15H15N9O2. The molecule has 0 saturated carbocycles. The van der Waals surface area contributed by atoms with Gasteiger partial charge in [0.05, 0.1) is 0 Å². The SMILES string of the molecule is NC(=O)N(N)c1nnc(-c2ccc3ccccc3c2)c(N(N)C(N)=O)n1. The summed E-state index contributed by atoms with van der Waals surface area (Å²) in [6.45, 7) is 0. The van der Waals surface area contributed by atoms with E-state index in [1.54, 1.807) is 6.07 Å². The average Bonchev–Trinajstić information content (AvgIpc) is 2.65. The summed E-state index contributed by atoms with van der Waals surface area (Å²) in [5, 5.41) is 10.7.